The second kappa shape index (κ2) is 6.71. The van der Waals surface area contributed by atoms with Gasteiger partial charge >= 0.3 is 10.8 Å². The van der Waals surface area contributed by atoms with E-state index in [9.17, 15) is 29.4 Å². The number of nitrogens with one attached hydrogen (secondary N) is 1. The van der Waals surface area contributed by atoms with Gasteiger partial charge in [0.05, 0.1) is 16.9 Å². The lowest BCUT2D eigenvalue weighted by Crippen LogP contribution is -2.44. The molecule has 1 saturated heterocycles. The van der Waals surface area contributed by atoms with Crippen molar-refractivity contribution in [2.75, 3.05) is 0 Å². The maximum Gasteiger partial charge on any atom is 0.326 e. The molecule has 2 aliphatic heterocycles. The molecule has 10 heteroatoms. The fourth-order valence-corrected chi connectivity index (χ4v) is 9.48. The summed E-state index contributed by atoms with van der Waals surface area (Å²) in [5.41, 5.74) is 0.964. The summed E-state index contributed by atoms with van der Waals surface area (Å²) in [7, 11) is 0. The number of thioether (sulfide) groups is 1. The molecular weight excluding hydrogens is 452 g/mol. The van der Waals surface area contributed by atoms with Crippen LogP contribution in [0.2, 0.25) is 0 Å². The zero-order chi connectivity index (χ0) is 22.5. The number of fused-ring (bicyclic) bond motifs is 9. The highest BCUT2D eigenvalue weighted by Crippen LogP contribution is 2.68. The van der Waals surface area contributed by atoms with E-state index in [4.69, 9.17) is 0 Å². The first-order chi connectivity index (χ1) is 15.3. The number of H-pyrrole nitrogens is 1. The number of rotatable bonds is 3. The van der Waals surface area contributed by atoms with E-state index in [0.717, 1.165) is 26.8 Å². The van der Waals surface area contributed by atoms with Crippen molar-refractivity contribution < 1.29 is 24.6 Å². The van der Waals surface area contributed by atoms with Crippen LogP contribution in [0.3, 0.4) is 0 Å². The molecule has 1 aromatic carbocycles. The number of carboxylic acid groups (broad SMARTS) is 1. The van der Waals surface area contributed by atoms with E-state index in [-0.39, 0.29) is 51.4 Å². The molecule has 0 unspecified atom stereocenters. The molecule has 3 heterocycles. The van der Waals surface area contributed by atoms with E-state index in [2.05, 4.69) is 4.98 Å². The average molecular weight is 473 g/mol. The number of hydrogen-bond acceptors (Lipinski definition) is 7. The van der Waals surface area contributed by atoms with Gasteiger partial charge in [-0.3, -0.25) is 19.3 Å². The highest BCUT2D eigenvalue weighted by atomic mass is 32.2. The van der Waals surface area contributed by atoms with Crippen LogP contribution >= 0.6 is 23.1 Å². The molecule has 2 bridgehead atoms. The predicted molar refractivity (Wildman–Crippen MR) is 116 cm³/mol. The topological polar surface area (TPSA) is 128 Å². The van der Waals surface area contributed by atoms with E-state index in [1.807, 2.05) is 12.1 Å². The van der Waals surface area contributed by atoms with Gasteiger partial charge in [0.25, 0.3) is 0 Å². The van der Waals surface area contributed by atoms with Crippen molar-refractivity contribution >= 4 is 40.9 Å². The molecular formula is C22H20N2O6S2. The Morgan fingerprint density at radius 1 is 1.12 bits per heavy atom. The Kier molecular flexibility index (Phi) is 4.20. The van der Waals surface area contributed by atoms with Gasteiger partial charge in [0.2, 0.25) is 11.8 Å². The van der Waals surface area contributed by atoms with Crippen molar-refractivity contribution in [3.05, 3.63) is 44.4 Å². The summed E-state index contributed by atoms with van der Waals surface area (Å²) < 4.78 is 0. The fourth-order valence-electron chi connectivity index (χ4n) is 6.59. The van der Waals surface area contributed by atoms with Crippen LogP contribution in [0.5, 0.6) is 5.75 Å². The molecule has 1 aromatic heterocycles. The first-order valence-corrected chi connectivity index (χ1v) is 12.3. The predicted octanol–water partition coefficient (Wildman–Crippen LogP) is 2.09. The Bertz CT molecular complexity index is 1220. The molecule has 32 heavy (non-hydrogen) atoms. The highest BCUT2D eigenvalue weighted by Gasteiger charge is 2.70. The zero-order valence-corrected chi connectivity index (χ0v) is 18.6. The summed E-state index contributed by atoms with van der Waals surface area (Å²) in [5.74, 6) is -2.95. The molecule has 2 amide bonds. The van der Waals surface area contributed by atoms with E-state index in [1.165, 1.54) is 18.3 Å². The van der Waals surface area contributed by atoms with Gasteiger partial charge in [-0.25, -0.2) is 4.79 Å². The second-order valence-corrected chi connectivity index (χ2v) is 11.3. The molecule has 8 atom stereocenters. The Morgan fingerprint density at radius 2 is 1.78 bits per heavy atom. The Labute approximate surface area is 190 Å². The first-order valence-electron chi connectivity index (χ1n) is 10.6. The number of benzene rings is 1. The molecule has 2 aliphatic carbocycles. The number of thiazole rings is 1. The van der Waals surface area contributed by atoms with Crippen LogP contribution in [0.15, 0.2) is 34.1 Å². The van der Waals surface area contributed by atoms with Crippen molar-refractivity contribution in [1.82, 2.24) is 9.88 Å². The van der Waals surface area contributed by atoms with Gasteiger partial charge in [0, 0.05) is 16.0 Å². The number of carboxylic acids is 1. The lowest BCUT2D eigenvalue weighted by atomic mass is 9.68. The third-order valence-electron chi connectivity index (χ3n) is 7.75. The number of phenolic OH excluding ortho intramolecular Hbond substituents is 1. The number of amides is 2. The van der Waals surface area contributed by atoms with Crippen molar-refractivity contribution in [2.45, 2.75) is 35.6 Å². The van der Waals surface area contributed by atoms with Gasteiger partial charge in [0.1, 0.15) is 11.8 Å². The third-order valence-corrected chi connectivity index (χ3v) is 10.3. The van der Waals surface area contributed by atoms with Crippen LogP contribution in [-0.4, -0.2) is 49.2 Å². The number of nitrogens with zero attached hydrogens (tertiary/aromatic N) is 1. The van der Waals surface area contributed by atoms with Gasteiger partial charge in [-0.15, -0.1) is 11.8 Å². The molecule has 0 spiro atoms. The van der Waals surface area contributed by atoms with Gasteiger partial charge in [-0.1, -0.05) is 23.5 Å². The summed E-state index contributed by atoms with van der Waals surface area (Å²) in [4.78, 5) is 54.9. The number of aromatic nitrogens is 1. The number of aromatic amines is 1. The van der Waals surface area contributed by atoms with Gasteiger partial charge in [-0.2, -0.15) is 0 Å². The molecule has 0 radical (unpaired) electrons. The lowest BCUT2D eigenvalue weighted by molar-refractivity contribution is -0.154. The SMILES string of the molecule is C[C@H](C(=O)O)N1C(=O)[C@H]2[C@@H]3C[C@@H]([C@@H]2C1=O)[C@H]1[C@@H](c2ccc(O)cc2)c2sc(=O)[nH]c2S[C@H]31. The number of carbonyl (C=O) groups is 3. The molecule has 3 fully saturated rings. The molecule has 2 aromatic rings. The Morgan fingerprint density at radius 3 is 2.44 bits per heavy atom. The van der Waals surface area contributed by atoms with Crippen molar-refractivity contribution in [3.8, 4) is 5.75 Å². The van der Waals surface area contributed by atoms with Gasteiger partial charge in [-0.05, 0) is 48.8 Å². The molecule has 2 saturated carbocycles. The number of hydrogen-bond donors (Lipinski definition) is 3. The minimum Gasteiger partial charge on any atom is -0.508 e. The largest absolute Gasteiger partial charge is 0.508 e. The van der Waals surface area contributed by atoms with E-state index in [1.54, 1.807) is 23.9 Å². The number of aliphatic carboxylic acids is 1. The number of carbonyl (C=O) groups excluding carboxylic acids is 2. The van der Waals surface area contributed by atoms with Crippen LogP contribution in [0.4, 0.5) is 0 Å². The molecule has 166 valence electrons. The van der Waals surface area contributed by atoms with Crippen LogP contribution in [0.1, 0.15) is 29.7 Å². The summed E-state index contributed by atoms with van der Waals surface area (Å²) in [5, 5.41) is 20.1. The Hall–Kier alpha value is -2.59. The van der Waals surface area contributed by atoms with E-state index < -0.39 is 23.8 Å². The second-order valence-electron chi connectivity index (χ2n) is 9.11. The Balaban J connectivity index is 1.45. The van der Waals surface area contributed by atoms with Crippen molar-refractivity contribution in [2.24, 2.45) is 29.6 Å². The molecule has 3 N–H and O–H groups in total. The first kappa shape index (κ1) is 20.0. The van der Waals surface area contributed by atoms with E-state index >= 15 is 0 Å². The van der Waals surface area contributed by atoms with E-state index in [0.29, 0.717) is 0 Å². The van der Waals surface area contributed by atoms with Crippen LogP contribution in [0, 0.1) is 29.6 Å². The minimum absolute atomic E-state index is 0.0430. The van der Waals surface area contributed by atoms with Gasteiger partial charge in [0.15, 0.2) is 0 Å². The number of likely N-dealkylation sites (tertiary alicyclic amines) is 1. The van der Waals surface area contributed by atoms with Crippen molar-refractivity contribution in [3.63, 3.8) is 0 Å². The summed E-state index contributed by atoms with van der Waals surface area (Å²) >= 11 is 2.76. The van der Waals surface area contributed by atoms with Crippen LogP contribution in [0.25, 0.3) is 0 Å². The van der Waals surface area contributed by atoms with Gasteiger partial charge < -0.3 is 15.2 Å². The molecule has 4 aliphatic rings. The standard InChI is InChI=1S/C22H20N2O6S2/c1-7(21(28)29)24-19(26)14-10-6-11(15(14)20(24)27)16-13(10)12(8-2-4-9(25)5-3-8)17-18(31-16)23-22(30)32-17/h2-5,7,10-16,25H,6H2,1H3,(H,23,30)(H,28,29)/t7-,10-,11+,12-,13+,14+,15+,16-/m1/s1. The monoisotopic (exact) mass is 472 g/mol. The summed E-state index contributed by atoms with van der Waals surface area (Å²) in [6.45, 7) is 1.38. The number of phenols is 1. The maximum absolute atomic E-state index is 13.3. The van der Waals surface area contributed by atoms with Crippen molar-refractivity contribution in [1.29, 1.82) is 0 Å². The minimum atomic E-state index is -1.19. The highest BCUT2D eigenvalue weighted by molar-refractivity contribution is 8.00. The average Bonchev–Trinajstić information content (AvgIpc) is 3.47. The lowest BCUT2D eigenvalue weighted by Gasteiger charge is -2.43. The van der Waals surface area contributed by atoms with Crippen LogP contribution in [-0.2, 0) is 14.4 Å². The number of imide groups is 1. The fraction of sp³-hybridized carbons (Fsp3) is 0.455. The smallest absolute Gasteiger partial charge is 0.326 e. The normalized spacial score (nSPS) is 35.5. The third kappa shape index (κ3) is 2.50. The number of aromatic hydroxyl groups is 1. The summed E-state index contributed by atoms with van der Waals surface area (Å²) in [6, 6.07) is 5.77. The maximum atomic E-state index is 13.3. The molecule has 8 nitrogen and oxygen atoms in total. The molecule has 6 rings (SSSR count). The quantitative estimate of drug-likeness (QED) is 0.584. The zero-order valence-electron chi connectivity index (χ0n) is 16.9. The summed E-state index contributed by atoms with van der Waals surface area (Å²) in [6.07, 6.45) is 0.748. The van der Waals surface area contributed by atoms with Crippen LogP contribution < -0.4 is 4.87 Å².